The molecule has 192 valence electrons. The molecular formula is C23H27ClF3N3O4S. The van der Waals surface area contributed by atoms with Gasteiger partial charge in [0.2, 0.25) is 21.8 Å². The number of halogens is 4. The highest BCUT2D eigenvalue weighted by Crippen LogP contribution is 2.34. The first-order chi connectivity index (χ1) is 16.3. The molecule has 3 rings (SSSR count). The van der Waals surface area contributed by atoms with E-state index >= 15 is 0 Å². The second kappa shape index (κ2) is 11.0. The number of rotatable bonds is 9. The van der Waals surface area contributed by atoms with Crippen LogP contribution in [0.2, 0.25) is 0 Å². The standard InChI is InChI=1S/C23H27ClF3N3O4S/c1-14(15-8-10-19(18(25)12-15)30-35(2,32)33)21(31)28-13-16-9-11-20(23(24,26)27)29-22(16)34-17-6-4-3-5-7-17/h8-12,14,17,30H,3-7,13H2,1-2H3,(H,28,31). The molecule has 1 fully saturated rings. The van der Waals surface area contributed by atoms with E-state index in [2.05, 4.69) is 15.0 Å². The van der Waals surface area contributed by atoms with E-state index in [0.717, 1.165) is 50.5 Å². The number of carbonyl (C=O) groups excluding carboxylic acids is 1. The van der Waals surface area contributed by atoms with Gasteiger partial charge in [0.25, 0.3) is 0 Å². The van der Waals surface area contributed by atoms with Crippen LogP contribution in [0.3, 0.4) is 0 Å². The first kappa shape index (κ1) is 27.1. The number of sulfonamides is 1. The number of ether oxygens (including phenoxy) is 1. The Labute approximate surface area is 207 Å². The van der Waals surface area contributed by atoms with Crippen molar-refractivity contribution in [2.24, 2.45) is 0 Å². The fourth-order valence-electron chi connectivity index (χ4n) is 3.77. The third kappa shape index (κ3) is 7.73. The average molecular weight is 534 g/mol. The molecular weight excluding hydrogens is 507 g/mol. The van der Waals surface area contributed by atoms with Crippen molar-refractivity contribution >= 4 is 33.2 Å². The minimum absolute atomic E-state index is 0.00933. The summed E-state index contributed by atoms with van der Waals surface area (Å²) in [5.74, 6) is -2.06. The van der Waals surface area contributed by atoms with Gasteiger partial charge in [0.15, 0.2) is 0 Å². The number of pyridine rings is 1. The summed E-state index contributed by atoms with van der Waals surface area (Å²) in [4.78, 5) is 16.6. The minimum Gasteiger partial charge on any atom is -0.474 e. The van der Waals surface area contributed by atoms with Gasteiger partial charge in [-0.15, -0.1) is 0 Å². The number of hydrogen-bond acceptors (Lipinski definition) is 5. The third-order valence-electron chi connectivity index (χ3n) is 5.69. The highest BCUT2D eigenvalue weighted by molar-refractivity contribution is 7.92. The Morgan fingerprint density at radius 2 is 1.91 bits per heavy atom. The van der Waals surface area contributed by atoms with E-state index in [4.69, 9.17) is 16.3 Å². The van der Waals surface area contributed by atoms with E-state index in [0.29, 0.717) is 11.1 Å². The summed E-state index contributed by atoms with van der Waals surface area (Å²) >= 11 is 5.13. The van der Waals surface area contributed by atoms with E-state index in [-0.39, 0.29) is 24.2 Å². The average Bonchev–Trinajstić information content (AvgIpc) is 2.78. The van der Waals surface area contributed by atoms with E-state index in [1.807, 2.05) is 0 Å². The van der Waals surface area contributed by atoms with Crippen molar-refractivity contribution < 1.29 is 31.1 Å². The van der Waals surface area contributed by atoms with Crippen LogP contribution < -0.4 is 14.8 Å². The third-order valence-corrected chi connectivity index (χ3v) is 6.48. The Morgan fingerprint density at radius 3 is 2.51 bits per heavy atom. The number of alkyl halides is 3. The molecule has 2 N–H and O–H groups in total. The second-order valence-corrected chi connectivity index (χ2v) is 10.8. The first-order valence-corrected chi connectivity index (χ1v) is 13.4. The monoisotopic (exact) mass is 533 g/mol. The molecule has 1 saturated carbocycles. The Hall–Kier alpha value is -2.53. The Bertz CT molecular complexity index is 1170. The molecule has 0 bridgehead atoms. The number of anilines is 1. The number of hydrogen-bond donors (Lipinski definition) is 2. The minimum atomic E-state index is -3.66. The van der Waals surface area contributed by atoms with E-state index in [1.165, 1.54) is 18.2 Å². The van der Waals surface area contributed by atoms with E-state index in [9.17, 15) is 26.4 Å². The number of nitrogens with zero attached hydrogens (tertiary/aromatic N) is 1. The maximum Gasteiger partial charge on any atom is 0.364 e. The number of nitrogens with one attached hydrogen (secondary N) is 2. The van der Waals surface area contributed by atoms with Crippen LogP contribution in [0.25, 0.3) is 0 Å². The number of benzene rings is 1. The molecule has 1 unspecified atom stereocenters. The van der Waals surface area contributed by atoms with Gasteiger partial charge in [-0.3, -0.25) is 9.52 Å². The predicted molar refractivity (Wildman–Crippen MR) is 127 cm³/mol. The lowest BCUT2D eigenvalue weighted by Crippen LogP contribution is -2.29. The molecule has 7 nitrogen and oxygen atoms in total. The van der Waals surface area contributed by atoms with Gasteiger partial charge in [-0.1, -0.05) is 12.5 Å². The van der Waals surface area contributed by atoms with Crippen molar-refractivity contribution in [3.8, 4) is 5.88 Å². The zero-order valence-corrected chi connectivity index (χ0v) is 20.9. The van der Waals surface area contributed by atoms with Gasteiger partial charge < -0.3 is 10.1 Å². The van der Waals surface area contributed by atoms with Gasteiger partial charge in [-0.25, -0.2) is 17.8 Å². The van der Waals surface area contributed by atoms with Crippen molar-refractivity contribution in [2.45, 2.75) is 63.0 Å². The Kier molecular flexibility index (Phi) is 8.53. The van der Waals surface area contributed by atoms with Gasteiger partial charge in [-0.2, -0.15) is 8.78 Å². The first-order valence-electron chi connectivity index (χ1n) is 11.1. The second-order valence-electron chi connectivity index (χ2n) is 8.59. The summed E-state index contributed by atoms with van der Waals surface area (Å²) in [5, 5.41) is -0.972. The maximum atomic E-state index is 14.3. The van der Waals surface area contributed by atoms with Crippen LogP contribution in [0.5, 0.6) is 5.88 Å². The predicted octanol–water partition coefficient (Wildman–Crippen LogP) is 5.01. The normalized spacial score (nSPS) is 15.9. The summed E-state index contributed by atoms with van der Waals surface area (Å²) < 4.78 is 72.1. The van der Waals surface area contributed by atoms with Crippen molar-refractivity contribution in [1.29, 1.82) is 0 Å². The summed E-state index contributed by atoms with van der Waals surface area (Å²) in [6.07, 6.45) is 5.32. The van der Waals surface area contributed by atoms with Gasteiger partial charge in [0, 0.05) is 12.1 Å². The van der Waals surface area contributed by atoms with Crippen LogP contribution in [0.4, 0.5) is 18.9 Å². The highest BCUT2D eigenvalue weighted by Gasteiger charge is 2.31. The van der Waals surface area contributed by atoms with E-state index < -0.39 is 38.7 Å². The van der Waals surface area contributed by atoms with Gasteiger partial charge in [0.05, 0.1) is 17.9 Å². The summed E-state index contributed by atoms with van der Waals surface area (Å²) in [7, 11) is -3.66. The molecule has 1 heterocycles. The molecule has 1 aliphatic carbocycles. The van der Waals surface area contributed by atoms with Crippen molar-refractivity contribution in [2.75, 3.05) is 11.0 Å². The fraction of sp³-hybridized carbons (Fsp3) is 0.478. The van der Waals surface area contributed by atoms with E-state index in [1.54, 1.807) is 6.92 Å². The van der Waals surface area contributed by atoms with Crippen LogP contribution in [0, 0.1) is 5.82 Å². The lowest BCUT2D eigenvalue weighted by molar-refractivity contribution is -0.122. The molecule has 1 aromatic heterocycles. The number of aromatic nitrogens is 1. The van der Waals surface area contributed by atoms with Crippen molar-refractivity contribution in [3.63, 3.8) is 0 Å². The van der Waals surface area contributed by atoms with Crippen molar-refractivity contribution in [1.82, 2.24) is 10.3 Å². The van der Waals surface area contributed by atoms with Gasteiger partial charge in [0.1, 0.15) is 17.6 Å². The molecule has 0 spiro atoms. The zero-order valence-electron chi connectivity index (χ0n) is 19.3. The summed E-state index contributed by atoms with van der Waals surface area (Å²) in [6, 6.07) is 6.22. The molecule has 1 aliphatic rings. The van der Waals surface area contributed by atoms with Crippen LogP contribution in [-0.4, -0.2) is 31.7 Å². The number of amides is 1. The molecule has 12 heteroatoms. The van der Waals surface area contributed by atoms with Crippen LogP contribution in [0.15, 0.2) is 30.3 Å². The van der Waals surface area contributed by atoms with Gasteiger partial charge >= 0.3 is 5.38 Å². The Balaban J connectivity index is 1.72. The molecule has 35 heavy (non-hydrogen) atoms. The summed E-state index contributed by atoms with van der Waals surface area (Å²) in [5.41, 5.74) is -0.144. The highest BCUT2D eigenvalue weighted by atomic mass is 35.5. The SMILES string of the molecule is CC(C(=O)NCc1ccc(C(F)(F)Cl)nc1OC1CCCCC1)c1ccc(NS(C)(=O)=O)c(F)c1. The topological polar surface area (TPSA) is 97.4 Å². The molecule has 1 amide bonds. The maximum absolute atomic E-state index is 14.3. The number of carbonyl (C=O) groups is 1. The van der Waals surface area contributed by atoms with Crippen LogP contribution in [0.1, 0.15) is 61.8 Å². The summed E-state index contributed by atoms with van der Waals surface area (Å²) in [6.45, 7) is 1.51. The smallest absolute Gasteiger partial charge is 0.364 e. The molecule has 1 aromatic carbocycles. The van der Waals surface area contributed by atoms with Crippen molar-refractivity contribution in [3.05, 3.63) is 53.0 Å². The molecule has 0 saturated heterocycles. The quantitative estimate of drug-likeness (QED) is 0.442. The zero-order chi connectivity index (χ0) is 25.8. The van der Waals surface area contributed by atoms with Crippen LogP contribution in [-0.2, 0) is 26.7 Å². The Morgan fingerprint density at radius 1 is 1.23 bits per heavy atom. The molecule has 2 aromatic rings. The molecule has 1 atom stereocenters. The van der Waals surface area contributed by atoms with Gasteiger partial charge in [-0.05, 0) is 74.0 Å². The fourth-order valence-corrected chi connectivity index (χ4v) is 4.44. The lowest BCUT2D eigenvalue weighted by Gasteiger charge is -2.24. The largest absolute Gasteiger partial charge is 0.474 e. The molecule has 0 radical (unpaired) electrons. The molecule has 0 aliphatic heterocycles. The lowest BCUT2D eigenvalue weighted by atomic mass is 9.98. The van der Waals surface area contributed by atoms with Crippen LogP contribution >= 0.6 is 11.6 Å².